The fraction of sp³-hybridized carbons (Fsp3) is 0.889. The summed E-state index contributed by atoms with van der Waals surface area (Å²) in [4.78, 5) is 29.0. The highest BCUT2D eigenvalue weighted by Crippen LogP contribution is 2.22. The largest absolute Gasteiger partial charge is 0.330 e. The molecule has 0 aromatic heterocycles. The number of amides is 2. The predicted molar refractivity (Wildman–Crippen MR) is 107 cm³/mol. The van der Waals surface area contributed by atoms with Gasteiger partial charge in [-0.15, -0.1) is 0 Å². The fourth-order valence-electron chi connectivity index (χ4n) is 3.84. The summed E-state index contributed by atoms with van der Waals surface area (Å²) in [5.74, 6) is -1.55. The van der Waals surface area contributed by atoms with E-state index in [1.807, 2.05) is 13.8 Å². The molecule has 0 N–H and O–H groups in total. The lowest BCUT2D eigenvalue weighted by atomic mass is 10.1. The monoisotopic (exact) mass is 436 g/mol. The van der Waals surface area contributed by atoms with Crippen LogP contribution in [-0.4, -0.2) is 86.6 Å². The lowest BCUT2D eigenvalue weighted by molar-refractivity contribution is -0.154. The molecule has 0 aliphatic carbocycles. The molecule has 2 aliphatic rings. The molecule has 10 heteroatoms. The van der Waals surface area contributed by atoms with Crippen LogP contribution in [0.3, 0.4) is 0 Å². The Morgan fingerprint density at radius 2 is 1.11 bits per heavy atom. The first kappa shape index (κ1) is 23.1. The van der Waals surface area contributed by atoms with E-state index in [0.29, 0.717) is 38.8 Å². The normalized spacial score (nSPS) is 25.5. The first-order valence-corrected chi connectivity index (χ1v) is 13.8. The Kier molecular flexibility index (Phi) is 7.89. The molecule has 2 saturated heterocycles. The van der Waals surface area contributed by atoms with E-state index < -0.39 is 43.6 Å². The minimum atomic E-state index is -3.19. The maximum Gasteiger partial charge on any atom is 0.312 e. The second-order valence-corrected chi connectivity index (χ2v) is 12.3. The Labute approximate surface area is 168 Å². The van der Waals surface area contributed by atoms with E-state index in [1.54, 1.807) is 0 Å². The Morgan fingerprint density at radius 3 is 1.36 bits per heavy atom. The summed E-state index contributed by atoms with van der Waals surface area (Å²) in [7, 11) is -6.38. The van der Waals surface area contributed by atoms with Crippen LogP contribution in [0.4, 0.5) is 0 Å². The zero-order valence-corrected chi connectivity index (χ0v) is 18.4. The van der Waals surface area contributed by atoms with Gasteiger partial charge in [0.15, 0.2) is 19.7 Å². The Bertz CT molecular complexity index is 712. The second-order valence-electron chi connectivity index (χ2n) is 7.82. The minimum absolute atomic E-state index is 0.0299. The minimum Gasteiger partial charge on any atom is -0.330 e. The van der Waals surface area contributed by atoms with Crippen LogP contribution in [0.2, 0.25) is 0 Å². The van der Waals surface area contributed by atoms with Gasteiger partial charge in [0, 0.05) is 25.2 Å². The molecule has 162 valence electrons. The molecule has 2 heterocycles. The van der Waals surface area contributed by atoms with Crippen molar-refractivity contribution in [2.75, 3.05) is 36.1 Å². The van der Waals surface area contributed by atoms with Crippen molar-refractivity contribution in [2.24, 2.45) is 0 Å². The van der Waals surface area contributed by atoms with Gasteiger partial charge in [0.05, 0.1) is 23.0 Å². The summed E-state index contributed by atoms with van der Waals surface area (Å²) < 4.78 is 47.5. The molecule has 0 radical (unpaired) electrons. The van der Waals surface area contributed by atoms with E-state index in [2.05, 4.69) is 0 Å². The average Bonchev–Trinajstić information content (AvgIpc) is 3.16. The molecule has 0 aromatic rings. The molecule has 2 amide bonds. The van der Waals surface area contributed by atoms with Crippen LogP contribution in [0.15, 0.2) is 0 Å². The van der Waals surface area contributed by atoms with Gasteiger partial charge >= 0.3 is 11.8 Å². The van der Waals surface area contributed by atoms with Crippen molar-refractivity contribution < 1.29 is 26.4 Å². The molecular formula is C18H32N2O6S2. The molecule has 28 heavy (non-hydrogen) atoms. The number of hydrogen-bond donors (Lipinski definition) is 0. The molecule has 0 saturated carbocycles. The SMILES string of the molecule is CCCCN(C(=O)C(=O)N(CCCC)[C@H]1CCS(=O)(=O)C1)[C@@H]1CCS(=O)(=O)C1. The smallest absolute Gasteiger partial charge is 0.312 e. The summed E-state index contributed by atoms with van der Waals surface area (Å²) >= 11 is 0. The zero-order chi connectivity index (χ0) is 20.9. The van der Waals surface area contributed by atoms with E-state index in [4.69, 9.17) is 0 Å². The first-order valence-electron chi connectivity index (χ1n) is 10.1. The van der Waals surface area contributed by atoms with Crippen molar-refractivity contribution in [2.45, 2.75) is 64.5 Å². The second kappa shape index (κ2) is 9.56. The van der Waals surface area contributed by atoms with Crippen molar-refractivity contribution in [3.8, 4) is 0 Å². The number of carbonyl (C=O) groups is 2. The van der Waals surface area contributed by atoms with Crippen molar-refractivity contribution in [3.63, 3.8) is 0 Å². The third kappa shape index (κ3) is 5.92. The van der Waals surface area contributed by atoms with Crippen molar-refractivity contribution in [3.05, 3.63) is 0 Å². The molecule has 0 unspecified atom stereocenters. The van der Waals surface area contributed by atoms with Crippen LogP contribution in [0.25, 0.3) is 0 Å². The third-order valence-electron chi connectivity index (χ3n) is 5.51. The molecule has 0 aromatic carbocycles. The zero-order valence-electron chi connectivity index (χ0n) is 16.8. The number of carbonyl (C=O) groups excluding carboxylic acids is 2. The van der Waals surface area contributed by atoms with E-state index >= 15 is 0 Å². The number of hydrogen-bond acceptors (Lipinski definition) is 6. The number of rotatable bonds is 8. The van der Waals surface area contributed by atoms with Gasteiger partial charge in [0.25, 0.3) is 0 Å². The Morgan fingerprint density at radius 1 is 0.750 bits per heavy atom. The van der Waals surface area contributed by atoms with Gasteiger partial charge in [-0.1, -0.05) is 26.7 Å². The highest BCUT2D eigenvalue weighted by atomic mass is 32.2. The van der Waals surface area contributed by atoms with Crippen LogP contribution in [0, 0.1) is 0 Å². The first-order chi connectivity index (χ1) is 13.1. The van der Waals surface area contributed by atoms with E-state index in [9.17, 15) is 26.4 Å². The molecule has 0 bridgehead atoms. The van der Waals surface area contributed by atoms with Crippen LogP contribution in [0.1, 0.15) is 52.4 Å². The van der Waals surface area contributed by atoms with Gasteiger partial charge in [-0.2, -0.15) is 0 Å². The van der Waals surface area contributed by atoms with Crippen molar-refractivity contribution in [1.82, 2.24) is 9.80 Å². The Balaban J connectivity index is 2.20. The third-order valence-corrected chi connectivity index (χ3v) is 9.01. The fourth-order valence-corrected chi connectivity index (χ4v) is 7.31. The molecule has 0 spiro atoms. The number of nitrogens with zero attached hydrogens (tertiary/aromatic N) is 2. The molecule has 2 rings (SSSR count). The quantitative estimate of drug-likeness (QED) is 0.516. The molecule has 8 nitrogen and oxygen atoms in total. The highest BCUT2D eigenvalue weighted by molar-refractivity contribution is 7.91. The molecule has 2 fully saturated rings. The van der Waals surface area contributed by atoms with Crippen LogP contribution < -0.4 is 0 Å². The Hall–Kier alpha value is -1.16. The summed E-state index contributed by atoms with van der Waals surface area (Å²) in [6.45, 7) is 4.61. The van der Waals surface area contributed by atoms with Gasteiger partial charge in [-0.25, -0.2) is 16.8 Å². The topological polar surface area (TPSA) is 109 Å². The van der Waals surface area contributed by atoms with Gasteiger partial charge < -0.3 is 9.80 Å². The van der Waals surface area contributed by atoms with Crippen molar-refractivity contribution in [1.29, 1.82) is 0 Å². The molecule has 2 aliphatic heterocycles. The summed E-state index contributed by atoms with van der Waals surface area (Å²) in [6.07, 6.45) is 3.69. The molecular weight excluding hydrogens is 404 g/mol. The standard InChI is InChI=1S/C18H32N2O6S2/c1-3-5-9-19(15-7-11-27(23,24)13-15)17(21)18(22)20(10-6-4-2)16-8-12-28(25,26)14-16/h15-16H,3-14H2,1-2H3/t15-,16+. The van der Waals surface area contributed by atoms with E-state index in [-0.39, 0.29) is 23.0 Å². The van der Waals surface area contributed by atoms with Crippen molar-refractivity contribution >= 4 is 31.5 Å². The van der Waals surface area contributed by atoms with E-state index in [1.165, 1.54) is 9.80 Å². The highest BCUT2D eigenvalue weighted by Gasteiger charge is 2.41. The number of sulfone groups is 2. The van der Waals surface area contributed by atoms with Gasteiger partial charge in [-0.3, -0.25) is 9.59 Å². The lowest BCUT2D eigenvalue weighted by Crippen LogP contribution is -2.53. The van der Waals surface area contributed by atoms with Crippen LogP contribution >= 0.6 is 0 Å². The average molecular weight is 437 g/mol. The summed E-state index contributed by atoms with van der Waals surface area (Å²) in [5.41, 5.74) is 0. The molecule has 2 atom stereocenters. The predicted octanol–water partition coefficient (Wildman–Crippen LogP) is 0.618. The van der Waals surface area contributed by atoms with Crippen LogP contribution in [-0.2, 0) is 29.3 Å². The van der Waals surface area contributed by atoms with Gasteiger partial charge in [0.2, 0.25) is 0 Å². The lowest BCUT2D eigenvalue weighted by Gasteiger charge is -2.33. The maximum absolute atomic E-state index is 13.1. The van der Waals surface area contributed by atoms with Gasteiger partial charge in [-0.05, 0) is 25.7 Å². The van der Waals surface area contributed by atoms with Crippen LogP contribution in [0.5, 0.6) is 0 Å². The van der Waals surface area contributed by atoms with Gasteiger partial charge in [0.1, 0.15) is 0 Å². The summed E-state index contributed by atoms with van der Waals surface area (Å²) in [5, 5.41) is 0. The summed E-state index contributed by atoms with van der Waals surface area (Å²) in [6, 6.07) is -0.957. The number of unbranched alkanes of at least 4 members (excludes halogenated alkanes) is 2. The maximum atomic E-state index is 13.1. The van der Waals surface area contributed by atoms with E-state index in [0.717, 1.165) is 12.8 Å².